The zero-order valence-corrected chi connectivity index (χ0v) is 8.08. The van der Waals surface area contributed by atoms with Crippen LogP contribution in [-0.2, 0) is 0 Å². The smallest absolute Gasteiger partial charge is 0.270 e. The Morgan fingerprint density at radius 3 is 2.88 bits per heavy atom. The maximum Gasteiger partial charge on any atom is 0.270 e. The number of aldehydes is 1. The van der Waals surface area contributed by atoms with Crippen molar-refractivity contribution in [3.05, 3.63) is 46.4 Å². The van der Waals surface area contributed by atoms with Gasteiger partial charge in [-0.15, -0.1) is 0 Å². The molecule has 0 unspecified atom stereocenters. The van der Waals surface area contributed by atoms with E-state index in [1.54, 1.807) is 12.1 Å². The van der Waals surface area contributed by atoms with Crippen molar-refractivity contribution >= 4 is 12.0 Å². The minimum absolute atomic E-state index is 0.000229. The Morgan fingerprint density at radius 2 is 2.25 bits per heavy atom. The Balaban J connectivity index is 2.43. The summed E-state index contributed by atoms with van der Waals surface area (Å²) in [6, 6.07) is 6.10. The monoisotopic (exact) mass is 217 g/mol. The van der Waals surface area contributed by atoms with Crippen molar-refractivity contribution in [3.63, 3.8) is 0 Å². The van der Waals surface area contributed by atoms with Crippen LogP contribution in [-0.4, -0.2) is 21.2 Å². The molecule has 1 N–H and O–H groups in total. The lowest BCUT2D eigenvalue weighted by Gasteiger charge is -1.96. The summed E-state index contributed by atoms with van der Waals surface area (Å²) in [7, 11) is 0. The highest BCUT2D eigenvalue weighted by Gasteiger charge is 2.08. The number of hydrogen-bond donors (Lipinski definition) is 1. The first-order valence-corrected chi connectivity index (χ1v) is 4.45. The van der Waals surface area contributed by atoms with Gasteiger partial charge in [-0.25, -0.2) is 4.98 Å². The van der Waals surface area contributed by atoms with Crippen molar-refractivity contribution in [2.45, 2.75) is 0 Å². The van der Waals surface area contributed by atoms with Gasteiger partial charge in [0.1, 0.15) is 0 Å². The Labute approximate surface area is 90.1 Å². The molecule has 0 saturated heterocycles. The predicted molar refractivity (Wildman–Crippen MR) is 56.1 cm³/mol. The number of H-pyrrole nitrogens is 1. The van der Waals surface area contributed by atoms with E-state index < -0.39 is 4.92 Å². The molecule has 0 aliphatic heterocycles. The molecule has 0 atom stereocenters. The van der Waals surface area contributed by atoms with Crippen LogP contribution in [0.25, 0.3) is 11.3 Å². The summed E-state index contributed by atoms with van der Waals surface area (Å²) in [5.74, 6) is 0.196. The van der Waals surface area contributed by atoms with Gasteiger partial charge < -0.3 is 4.98 Å². The van der Waals surface area contributed by atoms with Gasteiger partial charge in [0.25, 0.3) is 5.69 Å². The van der Waals surface area contributed by atoms with Gasteiger partial charge in [0, 0.05) is 17.7 Å². The lowest BCUT2D eigenvalue weighted by atomic mass is 10.1. The molecule has 1 aromatic carbocycles. The number of hydrogen-bond acceptors (Lipinski definition) is 4. The summed E-state index contributed by atoms with van der Waals surface area (Å²) in [5.41, 5.74) is 1.19. The fourth-order valence-corrected chi connectivity index (χ4v) is 1.33. The van der Waals surface area contributed by atoms with Crippen molar-refractivity contribution in [3.8, 4) is 11.3 Å². The lowest BCUT2D eigenvalue weighted by Crippen LogP contribution is -1.88. The minimum Gasteiger partial charge on any atom is -0.336 e. The first kappa shape index (κ1) is 10.0. The number of imidazole rings is 1. The number of non-ortho nitro benzene ring substituents is 1. The fraction of sp³-hybridized carbons (Fsp3) is 0. The van der Waals surface area contributed by atoms with Crippen LogP contribution >= 0.6 is 0 Å². The van der Waals surface area contributed by atoms with E-state index in [4.69, 9.17) is 0 Å². The molecule has 6 heteroatoms. The van der Waals surface area contributed by atoms with Crippen molar-refractivity contribution in [2.24, 2.45) is 0 Å². The highest BCUT2D eigenvalue weighted by Crippen LogP contribution is 2.21. The highest BCUT2D eigenvalue weighted by molar-refractivity contribution is 5.72. The van der Waals surface area contributed by atoms with E-state index in [1.807, 2.05) is 0 Å². The van der Waals surface area contributed by atoms with Crippen LogP contribution in [0.1, 0.15) is 10.6 Å². The van der Waals surface area contributed by atoms with Crippen LogP contribution < -0.4 is 0 Å². The van der Waals surface area contributed by atoms with Crippen molar-refractivity contribution in [1.82, 2.24) is 9.97 Å². The molecule has 0 aliphatic rings. The summed E-state index contributed by atoms with van der Waals surface area (Å²) in [5, 5.41) is 10.6. The third kappa shape index (κ3) is 1.81. The standard InChI is InChI=1S/C10H7N3O3/c14-6-10-11-5-9(12-10)7-2-1-3-8(4-7)13(15)16/h1-6H,(H,11,12). The molecule has 6 nitrogen and oxygen atoms in total. The highest BCUT2D eigenvalue weighted by atomic mass is 16.6. The molecule has 0 amide bonds. The molecule has 16 heavy (non-hydrogen) atoms. The number of nitro benzene ring substituents is 1. The Morgan fingerprint density at radius 1 is 1.44 bits per heavy atom. The number of carbonyl (C=O) groups excluding carboxylic acids is 1. The predicted octanol–water partition coefficient (Wildman–Crippen LogP) is 1.80. The number of nitro groups is 1. The number of benzene rings is 1. The normalized spacial score (nSPS) is 10.0. The number of rotatable bonds is 3. The second-order valence-electron chi connectivity index (χ2n) is 3.11. The largest absolute Gasteiger partial charge is 0.336 e. The third-order valence-electron chi connectivity index (χ3n) is 2.08. The van der Waals surface area contributed by atoms with Crippen LogP contribution in [0.4, 0.5) is 5.69 Å². The van der Waals surface area contributed by atoms with E-state index in [2.05, 4.69) is 9.97 Å². The second kappa shape index (κ2) is 3.93. The number of nitrogens with zero attached hydrogens (tertiary/aromatic N) is 2. The summed E-state index contributed by atoms with van der Waals surface area (Å²) in [6.07, 6.45) is 2.05. The quantitative estimate of drug-likeness (QED) is 0.482. The maximum absolute atomic E-state index is 10.6. The average molecular weight is 217 g/mol. The summed E-state index contributed by atoms with van der Waals surface area (Å²) >= 11 is 0. The molecule has 0 spiro atoms. The van der Waals surface area contributed by atoms with Crippen LogP contribution in [0.15, 0.2) is 30.5 Å². The van der Waals surface area contributed by atoms with Crippen molar-refractivity contribution in [1.29, 1.82) is 0 Å². The minimum atomic E-state index is -0.472. The van der Waals surface area contributed by atoms with Gasteiger partial charge >= 0.3 is 0 Å². The molecule has 0 radical (unpaired) electrons. The van der Waals surface area contributed by atoms with E-state index >= 15 is 0 Å². The van der Waals surface area contributed by atoms with Gasteiger partial charge in [0.05, 0.1) is 16.8 Å². The van der Waals surface area contributed by atoms with Crippen LogP contribution in [0.2, 0.25) is 0 Å². The van der Waals surface area contributed by atoms with Crippen molar-refractivity contribution in [2.75, 3.05) is 0 Å². The Hall–Kier alpha value is -2.50. The SMILES string of the molecule is O=Cc1ncc(-c2cccc([N+](=O)[O-])c2)[nH]1. The topological polar surface area (TPSA) is 88.9 Å². The molecule has 2 aromatic rings. The molecular weight excluding hydrogens is 210 g/mol. The second-order valence-corrected chi connectivity index (χ2v) is 3.11. The number of nitrogens with one attached hydrogen (secondary N) is 1. The molecule has 1 aromatic heterocycles. The van der Waals surface area contributed by atoms with E-state index in [0.29, 0.717) is 17.5 Å². The summed E-state index contributed by atoms with van der Waals surface area (Å²) in [4.78, 5) is 27.1. The van der Waals surface area contributed by atoms with Gasteiger partial charge in [-0.3, -0.25) is 14.9 Å². The molecule has 0 bridgehead atoms. The molecule has 1 heterocycles. The van der Waals surface area contributed by atoms with Gasteiger partial charge in [0.15, 0.2) is 12.1 Å². The van der Waals surface area contributed by atoms with Crippen LogP contribution in [0, 0.1) is 10.1 Å². The third-order valence-corrected chi connectivity index (χ3v) is 2.08. The zero-order chi connectivity index (χ0) is 11.5. The van der Waals surface area contributed by atoms with E-state index in [9.17, 15) is 14.9 Å². The van der Waals surface area contributed by atoms with E-state index in [1.165, 1.54) is 18.3 Å². The molecule has 80 valence electrons. The average Bonchev–Trinajstić information content (AvgIpc) is 2.77. The molecule has 0 saturated carbocycles. The van der Waals surface area contributed by atoms with Crippen molar-refractivity contribution < 1.29 is 9.72 Å². The van der Waals surface area contributed by atoms with Crippen LogP contribution in [0.5, 0.6) is 0 Å². The maximum atomic E-state index is 10.6. The number of carbonyl (C=O) groups is 1. The lowest BCUT2D eigenvalue weighted by molar-refractivity contribution is -0.384. The van der Waals surface area contributed by atoms with Crippen LogP contribution in [0.3, 0.4) is 0 Å². The number of aromatic amines is 1. The van der Waals surface area contributed by atoms with Gasteiger partial charge in [0.2, 0.25) is 0 Å². The zero-order valence-electron chi connectivity index (χ0n) is 8.08. The van der Waals surface area contributed by atoms with E-state index in [0.717, 1.165) is 0 Å². The fourth-order valence-electron chi connectivity index (χ4n) is 1.33. The first-order valence-electron chi connectivity index (χ1n) is 4.45. The molecule has 2 rings (SSSR count). The van der Waals surface area contributed by atoms with Gasteiger partial charge in [-0.2, -0.15) is 0 Å². The van der Waals surface area contributed by atoms with Gasteiger partial charge in [-0.05, 0) is 0 Å². The summed E-state index contributed by atoms with van der Waals surface area (Å²) in [6.45, 7) is 0. The summed E-state index contributed by atoms with van der Waals surface area (Å²) < 4.78 is 0. The molecule has 0 fully saturated rings. The van der Waals surface area contributed by atoms with Gasteiger partial charge in [-0.1, -0.05) is 12.1 Å². The Bertz CT molecular complexity index is 548. The Kier molecular flexibility index (Phi) is 2.47. The molecular formula is C10H7N3O3. The number of aromatic nitrogens is 2. The molecule has 0 aliphatic carbocycles. The van der Waals surface area contributed by atoms with E-state index in [-0.39, 0.29) is 11.5 Å². The first-order chi connectivity index (χ1) is 7.70.